The van der Waals surface area contributed by atoms with Gasteiger partial charge >= 0.3 is 5.97 Å². The number of rotatable bonds is 11. The summed E-state index contributed by atoms with van der Waals surface area (Å²) in [4.78, 5) is 11.1. The number of hydrogen-bond donors (Lipinski definition) is 0. The Morgan fingerprint density at radius 1 is 1.18 bits per heavy atom. The number of carbonyl (C=O) groups excluding carboxylic acids is 1. The summed E-state index contributed by atoms with van der Waals surface area (Å²) in [6.45, 7) is 7.74. The Bertz CT molecular complexity index is 181. The van der Waals surface area contributed by atoms with Crippen LogP contribution in [0.2, 0.25) is 6.04 Å². The molecule has 0 unspecified atom stereocenters. The van der Waals surface area contributed by atoms with Gasteiger partial charge in [-0.1, -0.05) is 13.0 Å². The number of carbonyl (C=O) groups is 1. The van der Waals surface area contributed by atoms with Gasteiger partial charge in [0.2, 0.25) is 0 Å². The predicted molar refractivity (Wildman–Crippen MR) is 68.1 cm³/mol. The van der Waals surface area contributed by atoms with Crippen LogP contribution in [-0.4, -0.2) is 41.2 Å². The molecule has 0 aliphatic rings. The van der Waals surface area contributed by atoms with Crippen LogP contribution in [0.15, 0.2) is 0 Å². The molecule has 0 atom stereocenters. The van der Waals surface area contributed by atoms with E-state index in [1.807, 2.05) is 20.8 Å². The van der Waals surface area contributed by atoms with Gasteiger partial charge in [0.15, 0.2) is 0 Å². The molecular formula is C12H24O4Si. The van der Waals surface area contributed by atoms with E-state index in [1.165, 1.54) is 0 Å². The predicted octanol–water partition coefficient (Wildman–Crippen LogP) is 2.20. The van der Waals surface area contributed by atoms with Crippen LogP contribution in [0.4, 0.5) is 0 Å². The Labute approximate surface area is 107 Å². The molecule has 2 radical (unpaired) electrons. The van der Waals surface area contributed by atoms with Crippen LogP contribution in [0.3, 0.4) is 0 Å². The van der Waals surface area contributed by atoms with Crippen LogP contribution in [0, 0.1) is 0 Å². The summed E-state index contributed by atoms with van der Waals surface area (Å²) in [5.74, 6) is -0.182. The fraction of sp³-hybridized carbons (Fsp3) is 0.917. The van der Waals surface area contributed by atoms with Gasteiger partial charge in [0.1, 0.15) is 15.4 Å². The van der Waals surface area contributed by atoms with E-state index in [9.17, 15) is 4.79 Å². The van der Waals surface area contributed by atoms with E-state index in [0.29, 0.717) is 35.8 Å². The minimum Gasteiger partial charge on any atom is -0.466 e. The average molecular weight is 260 g/mol. The minimum absolute atomic E-state index is 0.0867. The fourth-order valence-electron chi connectivity index (χ4n) is 1.22. The molecule has 0 bridgehead atoms. The number of esters is 1. The van der Waals surface area contributed by atoms with E-state index < -0.39 is 0 Å². The first-order valence-electron chi connectivity index (χ1n) is 6.36. The van der Waals surface area contributed by atoms with Gasteiger partial charge < -0.3 is 14.2 Å². The third kappa shape index (κ3) is 10.5. The first-order chi connectivity index (χ1) is 8.24. The standard InChI is InChI=1S/C12H24O4Si/c1-4-8-11(13)16-9-7-10-17-12(14-5-2)15-6-3/h12H,4-10H2,1-3H3. The molecule has 0 saturated heterocycles. The smallest absolute Gasteiger partial charge is 0.305 e. The Morgan fingerprint density at radius 3 is 2.35 bits per heavy atom. The largest absolute Gasteiger partial charge is 0.466 e. The second kappa shape index (κ2) is 12.1. The summed E-state index contributed by atoms with van der Waals surface area (Å²) in [5.41, 5.74) is 0. The van der Waals surface area contributed by atoms with Crippen molar-refractivity contribution in [2.45, 2.75) is 52.0 Å². The Morgan fingerprint density at radius 2 is 1.82 bits per heavy atom. The summed E-state index contributed by atoms with van der Waals surface area (Å²) in [7, 11) is 0.606. The highest BCUT2D eigenvalue weighted by molar-refractivity contribution is 6.36. The average Bonchev–Trinajstić information content (AvgIpc) is 2.29. The highest BCUT2D eigenvalue weighted by atomic mass is 28.2. The van der Waals surface area contributed by atoms with Crippen molar-refractivity contribution >= 4 is 15.5 Å². The molecule has 0 amide bonds. The molecular weight excluding hydrogens is 236 g/mol. The van der Waals surface area contributed by atoms with E-state index in [1.54, 1.807) is 0 Å². The molecule has 0 aromatic carbocycles. The molecule has 0 saturated carbocycles. The molecule has 0 N–H and O–H groups in total. The molecule has 0 rings (SSSR count). The molecule has 0 spiro atoms. The summed E-state index contributed by atoms with van der Waals surface area (Å²) in [6.07, 6.45) is 2.24. The normalized spacial score (nSPS) is 10.8. The lowest BCUT2D eigenvalue weighted by atomic mass is 10.3. The highest BCUT2D eigenvalue weighted by Gasteiger charge is 2.08. The maximum Gasteiger partial charge on any atom is 0.305 e. The van der Waals surface area contributed by atoms with E-state index in [2.05, 4.69) is 0 Å². The van der Waals surface area contributed by atoms with Crippen molar-refractivity contribution in [3.63, 3.8) is 0 Å². The van der Waals surface area contributed by atoms with Gasteiger partial charge in [-0.2, -0.15) is 0 Å². The molecule has 0 aromatic rings. The SMILES string of the molecule is CCCC(=O)OCCC[Si]C(OCC)OCC. The van der Waals surface area contributed by atoms with E-state index >= 15 is 0 Å². The van der Waals surface area contributed by atoms with Gasteiger partial charge in [-0.05, 0) is 26.7 Å². The maximum atomic E-state index is 11.1. The van der Waals surface area contributed by atoms with E-state index in [4.69, 9.17) is 14.2 Å². The second-order valence-electron chi connectivity index (χ2n) is 3.52. The first kappa shape index (κ1) is 16.6. The lowest BCUT2D eigenvalue weighted by Gasteiger charge is -2.15. The van der Waals surface area contributed by atoms with Crippen molar-refractivity contribution in [1.82, 2.24) is 0 Å². The topological polar surface area (TPSA) is 44.8 Å². The van der Waals surface area contributed by atoms with Gasteiger partial charge in [-0.15, -0.1) is 0 Å². The van der Waals surface area contributed by atoms with Crippen LogP contribution >= 0.6 is 0 Å². The quantitative estimate of drug-likeness (QED) is 0.247. The summed E-state index contributed by atoms with van der Waals surface area (Å²) >= 11 is 0. The third-order valence-electron chi connectivity index (χ3n) is 1.99. The molecule has 0 aliphatic heterocycles. The third-order valence-corrected chi connectivity index (χ3v) is 3.29. The Kier molecular flexibility index (Phi) is 11.8. The van der Waals surface area contributed by atoms with Gasteiger partial charge in [0.05, 0.1) is 6.61 Å². The zero-order valence-corrected chi connectivity index (χ0v) is 12.2. The molecule has 0 aromatic heterocycles. The molecule has 0 aliphatic carbocycles. The lowest BCUT2D eigenvalue weighted by Crippen LogP contribution is -2.24. The Hall–Kier alpha value is -0.393. The monoisotopic (exact) mass is 260 g/mol. The number of ether oxygens (including phenoxy) is 3. The van der Waals surface area contributed by atoms with Crippen molar-refractivity contribution in [3.8, 4) is 0 Å². The van der Waals surface area contributed by atoms with Crippen LogP contribution in [-0.2, 0) is 19.0 Å². The van der Waals surface area contributed by atoms with Crippen molar-refractivity contribution in [2.24, 2.45) is 0 Å². The van der Waals surface area contributed by atoms with Gasteiger partial charge in [-0.3, -0.25) is 4.79 Å². The van der Waals surface area contributed by atoms with Gasteiger partial charge in [0.25, 0.3) is 0 Å². The highest BCUT2D eigenvalue weighted by Crippen LogP contribution is 2.00. The Balaban J connectivity index is 3.44. The second-order valence-corrected chi connectivity index (χ2v) is 4.90. The molecule has 5 heteroatoms. The molecule has 100 valence electrons. The van der Waals surface area contributed by atoms with Gasteiger partial charge in [-0.25, -0.2) is 0 Å². The molecule has 0 heterocycles. The van der Waals surface area contributed by atoms with Gasteiger partial charge in [0, 0.05) is 19.6 Å². The minimum atomic E-state index is -0.0954. The van der Waals surface area contributed by atoms with Crippen molar-refractivity contribution < 1.29 is 19.0 Å². The van der Waals surface area contributed by atoms with Crippen LogP contribution < -0.4 is 0 Å². The van der Waals surface area contributed by atoms with E-state index in [0.717, 1.165) is 18.9 Å². The van der Waals surface area contributed by atoms with Crippen molar-refractivity contribution in [3.05, 3.63) is 0 Å². The zero-order chi connectivity index (χ0) is 12.9. The summed E-state index contributed by atoms with van der Waals surface area (Å²) in [5, 5.41) is 0. The number of hydrogen-bond acceptors (Lipinski definition) is 4. The van der Waals surface area contributed by atoms with Crippen LogP contribution in [0.25, 0.3) is 0 Å². The van der Waals surface area contributed by atoms with Crippen molar-refractivity contribution in [1.29, 1.82) is 0 Å². The van der Waals surface area contributed by atoms with Crippen molar-refractivity contribution in [2.75, 3.05) is 19.8 Å². The zero-order valence-electron chi connectivity index (χ0n) is 11.2. The van der Waals surface area contributed by atoms with E-state index in [-0.39, 0.29) is 11.9 Å². The summed E-state index contributed by atoms with van der Waals surface area (Å²) < 4.78 is 15.9. The molecule has 4 nitrogen and oxygen atoms in total. The fourth-order valence-corrected chi connectivity index (χ4v) is 2.38. The maximum absolute atomic E-state index is 11.1. The van der Waals surface area contributed by atoms with Crippen LogP contribution in [0.5, 0.6) is 0 Å². The lowest BCUT2D eigenvalue weighted by molar-refractivity contribution is -0.143. The molecule has 17 heavy (non-hydrogen) atoms. The molecule has 0 fully saturated rings. The van der Waals surface area contributed by atoms with Crippen LogP contribution in [0.1, 0.15) is 40.0 Å². The summed E-state index contributed by atoms with van der Waals surface area (Å²) in [6, 6.07) is 0.976. The first-order valence-corrected chi connectivity index (χ1v) is 7.65.